The molecule has 0 saturated carbocycles. The SMILES string of the molecule is C=CCCCCCN(C)C(=O)[C@@H](N)CC(C)C. The summed E-state index contributed by atoms with van der Waals surface area (Å²) in [5.41, 5.74) is 5.87. The van der Waals surface area contributed by atoms with E-state index in [-0.39, 0.29) is 11.9 Å². The number of carbonyl (C=O) groups is 1. The molecule has 17 heavy (non-hydrogen) atoms. The molecule has 2 N–H and O–H groups in total. The number of carbonyl (C=O) groups excluding carboxylic acids is 1. The molecule has 0 bridgehead atoms. The molecule has 0 saturated heterocycles. The molecule has 100 valence electrons. The summed E-state index contributed by atoms with van der Waals surface area (Å²) in [5.74, 6) is 0.539. The Labute approximate surface area is 106 Å². The zero-order valence-corrected chi connectivity index (χ0v) is 11.6. The quantitative estimate of drug-likeness (QED) is 0.497. The second-order valence-corrected chi connectivity index (χ2v) is 5.13. The average Bonchev–Trinajstić information content (AvgIpc) is 2.26. The lowest BCUT2D eigenvalue weighted by molar-refractivity contribution is -0.131. The lowest BCUT2D eigenvalue weighted by atomic mass is 10.0. The van der Waals surface area contributed by atoms with E-state index >= 15 is 0 Å². The Morgan fingerprint density at radius 1 is 1.35 bits per heavy atom. The van der Waals surface area contributed by atoms with Crippen molar-refractivity contribution in [2.24, 2.45) is 11.7 Å². The number of hydrogen-bond donors (Lipinski definition) is 1. The van der Waals surface area contributed by atoms with Crippen LogP contribution in [0.1, 0.15) is 46.0 Å². The Hall–Kier alpha value is -0.830. The van der Waals surface area contributed by atoms with E-state index in [1.807, 2.05) is 13.1 Å². The summed E-state index contributed by atoms with van der Waals surface area (Å²) in [6.45, 7) is 8.67. The third-order valence-electron chi connectivity index (χ3n) is 2.82. The summed E-state index contributed by atoms with van der Waals surface area (Å²) >= 11 is 0. The minimum Gasteiger partial charge on any atom is -0.344 e. The molecule has 0 aliphatic rings. The van der Waals surface area contributed by atoms with Gasteiger partial charge in [-0.3, -0.25) is 4.79 Å². The molecule has 0 radical (unpaired) electrons. The van der Waals surface area contributed by atoms with Crippen molar-refractivity contribution in [2.75, 3.05) is 13.6 Å². The first-order valence-corrected chi connectivity index (χ1v) is 6.60. The molecule has 0 fully saturated rings. The van der Waals surface area contributed by atoms with E-state index < -0.39 is 0 Å². The summed E-state index contributed by atoms with van der Waals surface area (Å²) in [4.78, 5) is 13.6. The predicted molar refractivity (Wildman–Crippen MR) is 73.7 cm³/mol. The Morgan fingerprint density at radius 3 is 2.53 bits per heavy atom. The van der Waals surface area contributed by atoms with Crippen LogP contribution in [0, 0.1) is 5.92 Å². The molecule has 0 spiro atoms. The number of nitrogens with zero attached hydrogens (tertiary/aromatic N) is 1. The van der Waals surface area contributed by atoms with Crippen LogP contribution in [-0.4, -0.2) is 30.4 Å². The fraction of sp³-hybridized carbons (Fsp3) is 0.786. The smallest absolute Gasteiger partial charge is 0.239 e. The second kappa shape index (κ2) is 9.23. The molecule has 0 aliphatic heterocycles. The van der Waals surface area contributed by atoms with Gasteiger partial charge in [-0.25, -0.2) is 0 Å². The van der Waals surface area contributed by atoms with Crippen LogP contribution in [0.15, 0.2) is 12.7 Å². The molecule has 0 aromatic carbocycles. The third kappa shape index (κ3) is 7.97. The van der Waals surface area contributed by atoms with Gasteiger partial charge in [0.1, 0.15) is 0 Å². The molecular formula is C14H28N2O. The van der Waals surface area contributed by atoms with Crippen LogP contribution < -0.4 is 5.73 Å². The standard InChI is InChI=1S/C14H28N2O/c1-5-6-7-8-9-10-16(4)14(17)13(15)11-12(2)3/h5,12-13H,1,6-11,15H2,2-4H3/t13-/m0/s1. The number of unbranched alkanes of at least 4 members (excludes halogenated alkanes) is 3. The normalized spacial score (nSPS) is 12.5. The van der Waals surface area contributed by atoms with Crippen LogP contribution in [0.4, 0.5) is 0 Å². The minimum absolute atomic E-state index is 0.0717. The topological polar surface area (TPSA) is 46.3 Å². The highest BCUT2D eigenvalue weighted by Crippen LogP contribution is 2.06. The molecule has 0 unspecified atom stereocenters. The zero-order valence-electron chi connectivity index (χ0n) is 11.6. The summed E-state index contributed by atoms with van der Waals surface area (Å²) in [6.07, 6.45) is 7.11. The number of amides is 1. The molecule has 0 aromatic heterocycles. The fourth-order valence-electron chi connectivity index (χ4n) is 1.82. The molecular weight excluding hydrogens is 212 g/mol. The Balaban J connectivity index is 3.77. The van der Waals surface area contributed by atoms with E-state index in [4.69, 9.17) is 5.73 Å². The Bertz CT molecular complexity index is 226. The first-order chi connectivity index (χ1) is 7.99. The van der Waals surface area contributed by atoms with E-state index in [2.05, 4.69) is 20.4 Å². The lowest BCUT2D eigenvalue weighted by Crippen LogP contribution is -2.42. The Morgan fingerprint density at radius 2 is 2.00 bits per heavy atom. The highest BCUT2D eigenvalue weighted by molar-refractivity contribution is 5.81. The number of rotatable bonds is 9. The molecule has 0 aromatic rings. The maximum absolute atomic E-state index is 11.9. The van der Waals surface area contributed by atoms with Crippen LogP contribution in [0.2, 0.25) is 0 Å². The zero-order chi connectivity index (χ0) is 13.3. The summed E-state index contributed by atoms with van der Waals surface area (Å²) in [6, 6.07) is -0.340. The van der Waals surface area contributed by atoms with Gasteiger partial charge in [-0.1, -0.05) is 26.3 Å². The number of likely N-dealkylation sites (N-methyl/N-ethyl adjacent to an activating group) is 1. The van der Waals surface area contributed by atoms with Gasteiger partial charge in [0.2, 0.25) is 5.91 Å². The van der Waals surface area contributed by atoms with Crippen molar-refractivity contribution in [2.45, 2.75) is 52.0 Å². The van der Waals surface area contributed by atoms with Crippen LogP contribution in [0.5, 0.6) is 0 Å². The molecule has 0 aliphatic carbocycles. The van der Waals surface area contributed by atoms with Gasteiger partial charge in [0.15, 0.2) is 0 Å². The Kier molecular flexibility index (Phi) is 8.78. The van der Waals surface area contributed by atoms with Gasteiger partial charge in [-0.15, -0.1) is 6.58 Å². The summed E-state index contributed by atoms with van der Waals surface area (Å²) < 4.78 is 0. The van der Waals surface area contributed by atoms with Crippen LogP contribution >= 0.6 is 0 Å². The van der Waals surface area contributed by atoms with Crippen molar-refractivity contribution >= 4 is 5.91 Å². The van der Waals surface area contributed by atoms with Crippen molar-refractivity contribution in [1.82, 2.24) is 4.90 Å². The van der Waals surface area contributed by atoms with Crippen molar-refractivity contribution in [1.29, 1.82) is 0 Å². The lowest BCUT2D eigenvalue weighted by Gasteiger charge is -2.22. The largest absolute Gasteiger partial charge is 0.344 e. The molecule has 0 rings (SSSR count). The first kappa shape index (κ1) is 16.2. The second-order valence-electron chi connectivity index (χ2n) is 5.13. The van der Waals surface area contributed by atoms with E-state index in [0.717, 1.165) is 38.6 Å². The number of allylic oxidation sites excluding steroid dienone is 1. The molecule has 1 atom stereocenters. The van der Waals surface area contributed by atoms with Crippen LogP contribution in [-0.2, 0) is 4.79 Å². The van der Waals surface area contributed by atoms with Gasteiger partial charge < -0.3 is 10.6 Å². The predicted octanol–water partition coefficient (Wildman–Crippen LogP) is 2.56. The van der Waals surface area contributed by atoms with Gasteiger partial charge in [-0.2, -0.15) is 0 Å². The average molecular weight is 240 g/mol. The van der Waals surface area contributed by atoms with Crippen LogP contribution in [0.3, 0.4) is 0 Å². The van der Waals surface area contributed by atoms with Crippen LogP contribution in [0.25, 0.3) is 0 Å². The van der Waals surface area contributed by atoms with Gasteiger partial charge in [-0.05, 0) is 31.6 Å². The summed E-state index contributed by atoms with van der Waals surface area (Å²) in [5, 5.41) is 0. The minimum atomic E-state index is -0.340. The van der Waals surface area contributed by atoms with Gasteiger partial charge in [0, 0.05) is 13.6 Å². The van der Waals surface area contributed by atoms with Gasteiger partial charge >= 0.3 is 0 Å². The van der Waals surface area contributed by atoms with Crippen molar-refractivity contribution in [3.63, 3.8) is 0 Å². The molecule has 3 nitrogen and oxygen atoms in total. The highest BCUT2D eigenvalue weighted by atomic mass is 16.2. The van der Waals surface area contributed by atoms with E-state index in [1.54, 1.807) is 4.90 Å². The highest BCUT2D eigenvalue weighted by Gasteiger charge is 2.18. The maximum atomic E-state index is 11.9. The first-order valence-electron chi connectivity index (χ1n) is 6.60. The third-order valence-corrected chi connectivity index (χ3v) is 2.82. The van der Waals surface area contributed by atoms with Crippen molar-refractivity contribution in [3.8, 4) is 0 Å². The van der Waals surface area contributed by atoms with Gasteiger partial charge in [0.05, 0.1) is 6.04 Å². The molecule has 0 heterocycles. The monoisotopic (exact) mass is 240 g/mol. The maximum Gasteiger partial charge on any atom is 0.239 e. The van der Waals surface area contributed by atoms with E-state index in [9.17, 15) is 4.79 Å². The van der Waals surface area contributed by atoms with Gasteiger partial charge in [0.25, 0.3) is 0 Å². The number of hydrogen-bond acceptors (Lipinski definition) is 2. The van der Waals surface area contributed by atoms with Crippen molar-refractivity contribution < 1.29 is 4.79 Å². The van der Waals surface area contributed by atoms with E-state index in [1.165, 1.54) is 0 Å². The molecule has 1 amide bonds. The summed E-state index contributed by atoms with van der Waals surface area (Å²) in [7, 11) is 1.84. The molecule has 3 heteroatoms. The van der Waals surface area contributed by atoms with Crippen molar-refractivity contribution in [3.05, 3.63) is 12.7 Å². The van der Waals surface area contributed by atoms with E-state index in [0.29, 0.717) is 5.92 Å². The fourth-order valence-corrected chi connectivity index (χ4v) is 1.82. The number of nitrogens with two attached hydrogens (primary N) is 1.